The largest absolute Gasteiger partial charge is 0.494 e. The van der Waals surface area contributed by atoms with Gasteiger partial charge in [0.15, 0.2) is 17.4 Å². The molecule has 1 fully saturated rings. The third-order valence-corrected chi connectivity index (χ3v) is 4.25. The average molecular weight is 342 g/mol. The number of nitrogens with two attached hydrogens (primary N) is 1. The molecule has 5 nitrogen and oxygen atoms in total. The lowest BCUT2D eigenvalue weighted by molar-refractivity contribution is 0.348. The van der Waals surface area contributed by atoms with E-state index in [4.69, 9.17) is 15.0 Å². The minimum absolute atomic E-state index is 0. The maximum Gasteiger partial charge on any atom is 0.227 e. The third-order valence-electron chi connectivity index (χ3n) is 4.25. The van der Waals surface area contributed by atoms with Gasteiger partial charge in [-0.25, -0.2) is 4.39 Å². The summed E-state index contributed by atoms with van der Waals surface area (Å²) in [5, 5.41) is 4.02. The fourth-order valence-corrected chi connectivity index (χ4v) is 2.90. The second-order valence-corrected chi connectivity index (χ2v) is 5.84. The van der Waals surface area contributed by atoms with Gasteiger partial charge in [0, 0.05) is 6.42 Å². The van der Waals surface area contributed by atoms with Crippen molar-refractivity contribution in [1.29, 1.82) is 0 Å². The number of nitrogens with zero attached hydrogens (tertiary/aromatic N) is 2. The van der Waals surface area contributed by atoms with E-state index < -0.39 is 5.54 Å². The molecule has 0 spiro atoms. The number of rotatable bonds is 5. The van der Waals surface area contributed by atoms with Crippen LogP contribution in [0.2, 0.25) is 0 Å². The first-order chi connectivity index (χ1) is 10.6. The number of hydrogen-bond acceptors (Lipinski definition) is 5. The number of aromatic nitrogens is 2. The molecule has 2 N–H and O–H groups in total. The van der Waals surface area contributed by atoms with Crippen LogP contribution in [0.1, 0.15) is 43.0 Å². The van der Waals surface area contributed by atoms with Crippen LogP contribution in [0.15, 0.2) is 22.7 Å². The highest BCUT2D eigenvalue weighted by atomic mass is 35.5. The van der Waals surface area contributed by atoms with Crippen molar-refractivity contribution in [2.75, 3.05) is 7.11 Å². The summed E-state index contributed by atoms with van der Waals surface area (Å²) in [6, 6.07) is 4.93. The van der Waals surface area contributed by atoms with Crippen molar-refractivity contribution in [2.24, 2.45) is 5.73 Å². The molecule has 0 saturated heterocycles. The minimum Gasteiger partial charge on any atom is -0.494 e. The fourth-order valence-electron chi connectivity index (χ4n) is 2.90. The van der Waals surface area contributed by atoms with Gasteiger partial charge in [-0.2, -0.15) is 4.98 Å². The first-order valence-electron chi connectivity index (χ1n) is 7.55. The number of halogens is 2. The second kappa shape index (κ2) is 7.27. The molecule has 1 aromatic carbocycles. The van der Waals surface area contributed by atoms with Gasteiger partial charge in [0.25, 0.3) is 0 Å². The summed E-state index contributed by atoms with van der Waals surface area (Å²) < 4.78 is 23.8. The van der Waals surface area contributed by atoms with Gasteiger partial charge in [0.1, 0.15) is 0 Å². The molecule has 0 radical (unpaired) electrons. The topological polar surface area (TPSA) is 74.2 Å². The molecule has 7 heteroatoms. The SMILES string of the molecule is COc1ccc(CCc2nc(C3(N)CCCC3)no2)cc1F.Cl. The summed E-state index contributed by atoms with van der Waals surface area (Å²) in [5.74, 6) is 1.03. The lowest BCUT2D eigenvalue weighted by Crippen LogP contribution is -2.34. The molecule has 2 aromatic rings. The second-order valence-electron chi connectivity index (χ2n) is 5.84. The zero-order valence-electron chi connectivity index (χ0n) is 13.0. The predicted molar refractivity (Wildman–Crippen MR) is 86.2 cm³/mol. The van der Waals surface area contributed by atoms with Crippen molar-refractivity contribution >= 4 is 12.4 Å². The van der Waals surface area contributed by atoms with Crippen molar-refractivity contribution in [2.45, 2.75) is 44.1 Å². The molecule has 0 atom stereocenters. The van der Waals surface area contributed by atoms with Crippen LogP contribution in [0.5, 0.6) is 5.75 Å². The van der Waals surface area contributed by atoms with Crippen LogP contribution < -0.4 is 10.5 Å². The van der Waals surface area contributed by atoms with Gasteiger partial charge >= 0.3 is 0 Å². The van der Waals surface area contributed by atoms with Crippen LogP contribution in [0.4, 0.5) is 4.39 Å². The Morgan fingerprint density at radius 3 is 2.70 bits per heavy atom. The average Bonchev–Trinajstić information content (AvgIpc) is 3.15. The summed E-state index contributed by atoms with van der Waals surface area (Å²) in [6.07, 6.45) is 5.19. The zero-order chi connectivity index (χ0) is 15.6. The van der Waals surface area contributed by atoms with Gasteiger partial charge in [0.2, 0.25) is 5.89 Å². The number of hydrogen-bond donors (Lipinski definition) is 1. The van der Waals surface area contributed by atoms with Crippen LogP contribution >= 0.6 is 12.4 Å². The van der Waals surface area contributed by atoms with Gasteiger partial charge in [0.05, 0.1) is 12.6 Å². The van der Waals surface area contributed by atoms with Crippen molar-refractivity contribution < 1.29 is 13.7 Å². The Bertz CT molecular complexity index is 657. The molecular weight excluding hydrogens is 321 g/mol. The summed E-state index contributed by atoms with van der Waals surface area (Å²) in [6.45, 7) is 0. The van der Waals surface area contributed by atoms with Crippen LogP contribution in [0.3, 0.4) is 0 Å². The lowest BCUT2D eigenvalue weighted by Gasteiger charge is -2.17. The molecule has 1 aliphatic rings. The van der Waals surface area contributed by atoms with Crippen molar-refractivity contribution in [3.8, 4) is 5.75 Å². The van der Waals surface area contributed by atoms with Gasteiger partial charge in [-0.05, 0) is 37.0 Å². The summed E-state index contributed by atoms with van der Waals surface area (Å²) in [7, 11) is 1.45. The zero-order valence-corrected chi connectivity index (χ0v) is 13.9. The highest BCUT2D eigenvalue weighted by molar-refractivity contribution is 5.85. The van der Waals surface area contributed by atoms with Crippen LogP contribution in [0.25, 0.3) is 0 Å². The molecule has 0 bridgehead atoms. The number of methoxy groups -OCH3 is 1. The molecule has 23 heavy (non-hydrogen) atoms. The van der Waals surface area contributed by atoms with E-state index in [1.165, 1.54) is 13.2 Å². The smallest absolute Gasteiger partial charge is 0.227 e. The first-order valence-corrected chi connectivity index (χ1v) is 7.55. The normalized spacial score (nSPS) is 16.1. The molecule has 1 heterocycles. The van der Waals surface area contributed by atoms with E-state index in [9.17, 15) is 4.39 Å². The Kier molecular flexibility index (Phi) is 5.59. The third kappa shape index (κ3) is 3.82. The summed E-state index contributed by atoms with van der Waals surface area (Å²) in [5.41, 5.74) is 6.73. The summed E-state index contributed by atoms with van der Waals surface area (Å²) >= 11 is 0. The summed E-state index contributed by atoms with van der Waals surface area (Å²) in [4.78, 5) is 4.41. The molecule has 126 valence electrons. The Hall–Kier alpha value is -1.66. The number of ether oxygens (including phenoxy) is 1. The quantitative estimate of drug-likeness (QED) is 0.904. The van der Waals surface area contributed by atoms with E-state index in [1.807, 2.05) is 6.07 Å². The highest BCUT2D eigenvalue weighted by Gasteiger charge is 2.35. The van der Waals surface area contributed by atoms with E-state index >= 15 is 0 Å². The van der Waals surface area contributed by atoms with E-state index in [1.54, 1.807) is 6.07 Å². The Morgan fingerprint density at radius 2 is 2.04 bits per heavy atom. The molecule has 1 saturated carbocycles. The van der Waals surface area contributed by atoms with E-state index in [2.05, 4.69) is 10.1 Å². The fraction of sp³-hybridized carbons (Fsp3) is 0.500. The predicted octanol–water partition coefficient (Wildman–Crippen LogP) is 3.15. The lowest BCUT2D eigenvalue weighted by atomic mass is 9.99. The molecule has 0 aliphatic heterocycles. The van der Waals surface area contributed by atoms with E-state index in [0.717, 1.165) is 31.2 Å². The first kappa shape index (κ1) is 17.7. The molecule has 0 amide bonds. The van der Waals surface area contributed by atoms with E-state index in [0.29, 0.717) is 24.6 Å². The molecule has 1 aliphatic carbocycles. The maximum absolute atomic E-state index is 13.6. The molecule has 1 aromatic heterocycles. The Morgan fingerprint density at radius 1 is 1.30 bits per heavy atom. The van der Waals surface area contributed by atoms with Crippen molar-refractivity contribution in [3.63, 3.8) is 0 Å². The Labute approximate surface area is 140 Å². The standard InChI is InChI=1S/C16H20FN3O2.ClH/c1-21-13-6-4-11(10-12(13)17)5-7-14-19-15(20-22-14)16(18)8-2-3-9-16;/h4,6,10H,2-3,5,7-9,18H2,1H3;1H. The molecular formula is C16H21ClFN3O2. The number of benzene rings is 1. The van der Waals surface area contributed by atoms with Gasteiger partial charge in [-0.1, -0.05) is 24.1 Å². The molecule has 3 rings (SSSR count). The van der Waals surface area contributed by atoms with Crippen LogP contribution in [-0.2, 0) is 18.4 Å². The van der Waals surface area contributed by atoms with Gasteiger partial charge in [-0.15, -0.1) is 12.4 Å². The number of aryl methyl sites for hydroxylation is 2. The minimum atomic E-state index is -0.437. The van der Waals surface area contributed by atoms with Gasteiger partial charge in [-0.3, -0.25) is 0 Å². The van der Waals surface area contributed by atoms with E-state index in [-0.39, 0.29) is 24.0 Å². The monoisotopic (exact) mass is 341 g/mol. The van der Waals surface area contributed by atoms with Gasteiger partial charge < -0.3 is 15.0 Å². The van der Waals surface area contributed by atoms with Crippen molar-refractivity contribution in [1.82, 2.24) is 10.1 Å². The molecule has 0 unspecified atom stereocenters. The Balaban J connectivity index is 0.00000192. The van der Waals surface area contributed by atoms with Crippen LogP contribution in [0, 0.1) is 5.82 Å². The maximum atomic E-state index is 13.6. The highest BCUT2D eigenvalue weighted by Crippen LogP contribution is 2.34. The van der Waals surface area contributed by atoms with Crippen LogP contribution in [-0.4, -0.2) is 17.3 Å². The van der Waals surface area contributed by atoms with Crippen molar-refractivity contribution in [3.05, 3.63) is 41.3 Å².